The number of carbonyl (C=O) groups is 3. The summed E-state index contributed by atoms with van der Waals surface area (Å²) in [6.45, 7) is 3.97. The van der Waals surface area contributed by atoms with Gasteiger partial charge in [-0.3, -0.25) is 14.4 Å². The van der Waals surface area contributed by atoms with Crippen LogP contribution in [0.15, 0.2) is 0 Å². The largest absolute Gasteiger partial charge is 0.481 e. The van der Waals surface area contributed by atoms with E-state index in [1.54, 1.807) is 0 Å². The first-order valence-electron chi connectivity index (χ1n) is 6.40. The van der Waals surface area contributed by atoms with Gasteiger partial charge in [0.1, 0.15) is 0 Å². The number of aliphatic carboxylic acids is 1. The Kier molecular flexibility index (Phi) is 8.57. The number of carboxylic acids is 1. The van der Waals surface area contributed by atoms with Gasteiger partial charge in [0.15, 0.2) is 0 Å². The van der Waals surface area contributed by atoms with Gasteiger partial charge in [-0.25, -0.2) is 0 Å². The highest BCUT2D eigenvalue weighted by molar-refractivity contribution is 5.70. The third-order valence-electron chi connectivity index (χ3n) is 2.62. The number of carboxylic acid groups (broad SMARTS) is 1. The molecule has 0 aromatic heterocycles. The Hall–Kier alpha value is -1.59. The highest BCUT2D eigenvalue weighted by Gasteiger charge is 2.19. The van der Waals surface area contributed by atoms with Crippen LogP contribution < -0.4 is 0 Å². The lowest BCUT2D eigenvalue weighted by Gasteiger charge is -2.16. The summed E-state index contributed by atoms with van der Waals surface area (Å²) >= 11 is 0. The average molecular weight is 274 g/mol. The Labute approximate surface area is 113 Å². The summed E-state index contributed by atoms with van der Waals surface area (Å²) in [5, 5.41) is 8.54. The van der Waals surface area contributed by atoms with E-state index in [4.69, 9.17) is 5.11 Å². The zero-order valence-electron chi connectivity index (χ0n) is 11.7. The van der Waals surface area contributed by atoms with Crippen LogP contribution in [-0.4, -0.2) is 29.3 Å². The standard InChI is InChI=1S/C7H12O2.C6H10O4/c8-7(9)6-4-2-1-3-5-6;1-4(7)9-6(3)10-5(2)8/h6H,1-5H2,(H,8,9);6H,1-3H3. The molecule has 110 valence electrons. The smallest absolute Gasteiger partial charge is 0.306 e. The number of ether oxygens (including phenoxy) is 2. The van der Waals surface area contributed by atoms with Crippen LogP contribution in [-0.2, 0) is 23.9 Å². The first-order valence-corrected chi connectivity index (χ1v) is 6.40. The van der Waals surface area contributed by atoms with Crippen molar-refractivity contribution in [1.29, 1.82) is 0 Å². The molecule has 1 aliphatic rings. The maximum absolute atomic E-state index is 10.4. The number of hydrogen-bond donors (Lipinski definition) is 1. The minimum atomic E-state index is -0.782. The molecule has 1 fully saturated rings. The van der Waals surface area contributed by atoms with Crippen LogP contribution in [0.4, 0.5) is 0 Å². The van der Waals surface area contributed by atoms with E-state index in [0.717, 1.165) is 25.7 Å². The van der Waals surface area contributed by atoms with Crippen molar-refractivity contribution in [2.24, 2.45) is 5.92 Å². The van der Waals surface area contributed by atoms with Gasteiger partial charge in [0, 0.05) is 20.8 Å². The molecule has 0 radical (unpaired) electrons. The molecule has 6 nitrogen and oxygen atoms in total. The van der Waals surface area contributed by atoms with Crippen LogP contribution in [0.2, 0.25) is 0 Å². The van der Waals surface area contributed by atoms with Gasteiger partial charge in [0.05, 0.1) is 5.92 Å². The predicted molar refractivity (Wildman–Crippen MR) is 67.2 cm³/mol. The van der Waals surface area contributed by atoms with Crippen LogP contribution in [0.25, 0.3) is 0 Å². The molecule has 0 aliphatic heterocycles. The van der Waals surface area contributed by atoms with E-state index in [0.29, 0.717) is 0 Å². The average Bonchev–Trinajstić information content (AvgIpc) is 2.28. The van der Waals surface area contributed by atoms with Gasteiger partial charge in [-0.15, -0.1) is 0 Å². The SMILES string of the molecule is CC(=O)OC(C)OC(C)=O.O=C(O)C1CCCCC1. The fraction of sp³-hybridized carbons (Fsp3) is 0.769. The summed E-state index contributed by atoms with van der Waals surface area (Å²) in [6.07, 6.45) is 4.46. The van der Waals surface area contributed by atoms with E-state index in [1.165, 1.54) is 27.2 Å². The molecule has 19 heavy (non-hydrogen) atoms. The first-order chi connectivity index (χ1) is 8.82. The Morgan fingerprint density at radius 3 is 1.68 bits per heavy atom. The summed E-state index contributed by atoms with van der Waals surface area (Å²) in [7, 11) is 0. The van der Waals surface area contributed by atoms with Crippen LogP contribution >= 0.6 is 0 Å². The highest BCUT2D eigenvalue weighted by Crippen LogP contribution is 2.23. The third-order valence-corrected chi connectivity index (χ3v) is 2.62. The topological polar surface area (TPSA) is 89.9 Å². The van der Waals surface area contributed by atoms with E-state index in [2.05, 4.69) is 9.47 Å². The van der Waals surface area contributed by atoms with Gasteiger partial charge < -0.3 is 14.6 Å². The number of rotatable bonds is 3. The zero-order chi connectivity index (χ0) is 14.8. The van der Waals surface area contributed by atoms with E-state index in [9.17, 15) is 14.4 Å². The van der Waals surface area contributed by atoms with Gasteiger partial charge in [0.25, 0.3) is 0 Å². The lowest BCUT2D eigenvalue weighted by Crippen LogP contribution is -2.18. The molecule has 0 aromatic carbocycles. The van der Waals surface area contributed by atoms with Gasteiger partial charge in [-0.1, -0.05) is 19.3 Å². The maximum Gasteiger partial charge on any atom is 0.306 e. The number of hydrogen-bond acceptors (Lipinski definition) is 5. The normalized spacial score (nSPS) is 15.2. The Bertz CT molecular complexity index is 290. The van der Waals surface area contributed by atoms with E-state index < -0.39 is 24.2 Å². The third kappa shape index (κ3) is 10.1. The van der Waals surface area contributed by atoms with Gasteiger partial charge >= 0.3 is 17.9 Å². The van der Waals surface area contributed by atoms with Crippen LogP contribution in [0.5, 0.6) is 0 Å². The minimum Gasteiger partial charge on any atom is -0.481 e. The quantitative estimate of drug-likeness (QED) is 0.626. The fourth-order valence-electron chi connectivity index (χ4n) is 1.84. The Balaban J connectivity index is 0.000000342. The molecule has 0 atom stereocenters. The van der Waals surface area contributed by atoms with Gasteiger partial charge in [-0.05, 0) is 12.8 Å². The molecule has 0 bridgehead atoms. The Morgan fingerprint density at radius 1 is 1.00 bits per heavy atom. The van der Waals surface area contributed by atoms with Crippen molar-refractivity contribution in [3.63, 3.8) is 0 Å². The maximum atomic E-state index is 10.4. The molecular formula is C13H22O6. The molecule has 1 N–H and O–H groups in total. The lowest BCUT2D eigenvalue weighted by atomic mass is 9.90. The molecule has 1 aliphatic carbocycles. The first kappa shape index (κ1) is 17.4. The molecule has 0 unspecified atom stereocenters. The molecule has 0 heterocycles. The summed E-state index contributed by atoms with van der Waals surface area (Å²) in [5.41, 5.74) is 0. The molecule has 0 amide bonds. The van der Waals surface area contributed by atoms with E-state index >= 15 is 0 Å². The molecule has 6 heteroatoms. The van der Waals surface area contributed by atoms with Gasteiger partial charge in [-0.2, -0.15) is 0 Å². The highest BCUT2D eigenvalue weighted by atomic mass is 16.7. The minimum absolute atomic E-state index is 0.0289. The van der Waals surface area contributed by atoms with Crippen molar-refractivity contribution in [3.05, 3.63) is 0 Å². The summed E-state index contributed by atoms with van der Waals surface area (Å²) in [6, 6.07) is 0. The molecule has 1 saturated carbocycles. The summed E-state index contributed by atoms with van der Waals surface area (Å²) < 4.78 is 8.96. The van der Waals surface area contributed by atoms with E-state index in [1.807, 2.05) is 0 Å². The summed E-state index contributed by atoms with van der Waals surface area (Å²) in [4.78, 5) is 30.8. The fourth-order valence-corrected chi connectivity index (χ4v) is 1.84. The second-order valence-corrected chi connectivity index (χ2v) is 4.46. The van der Waals surface area contributed by atoms with Crippen molar-refractivity contribution < 1.29 is 29.0 Å². The predicted octanol–water partition coefficient (Wildman–Crippen LogP) is 2.11. The number of carbonyl (C=O) groups excluding carboxylic acids is 2. The van der Waals surface area contributed by atoms with Crippen molar-refractivity contribution in [2.75, 3.05) is 0 Å². The second-order valence-electron chi connectivity index (χ2n) is 4.46. The van der Waals surface area contributed by atoms with Crippen LogP contribution in [0.3, 0.4) is 0 Å². The van der Waals surface area contributed by atoms with Crippen molar-refractivity contribution in [2.45, 2.75) is 59.2 Å². The summed E-state index contributed by atoms with van der Waals surface area (Å²) in [5.74, 6) is -1.56. The van der Waals surface area contributed by atoms with Gasteiger partial charge in [0.2, 0.25) is 6.29 Å². The van der Waals surface area contributed by atoms with Crippen LogP contribution in [0, 0.1) is 5.92 Å². The molecule has 0 aromatic rings. The van der Waals surface area contributed by atoms with E-state index in [-0.39, 0.29) is 5.92 Å². The monoisotopic (exact) mass is 274 g/mol. The molecule has 0 saturated heterocycles. The molecule has 1 rings (SSSR count). The zero-order valence-corrected chi connectivity index (χ0v) is 11.7. The molecule has 0 spiro atoms. The van der Waals surface area contributed by atoms with Crippen molar-refractivity contribution in [3.8, 4) is 0 Å². The van der Waals surface area contributed by atoms with Crippen molar-refractivity contribution in [1.82, 2.24) is 0 Å². The van der Waals surface area contributed by atoms with Crippen molar-refractivity contribution >= 4 is 17.9 Å². The number of esters is 2. The lowest BCUT2D eigenvalue weighted by molar-refractivity contribution is -0.181. The Morgan fingerprint density at radius 2 is 1.42 bits per heavy atom. The van der Waals surface area contributed by atoms with Crippen LogP contribution in [0.1, 0.15) is 52.9 Å². The second kappa shape index (κ2) is 9.35. The molecular weight excluding hydrogens is 252 g/mol.